The molecule has 2 aromatic rings. The predicted molar refractivity (Wildman–Crippen MR) is 119 cm³/mol. The molecule has 156 valence electrons. The first-order valence-corrected chi connectivity index (χ1v) is 11.3. The molecule has 30 heavy (non-hydrogen) atoms. The van der Waals surface area contributed by atoms with E-state index >= 15 is 0 Å². The number of nitrogens with one attached hydrogen (secondary N) is 1. The number of hydrogen-bond acceptors (Lipinski definition) is 7. The largest absolute Gasteiger partial charge is 0.497 e. The normalized spacial score (nSPS) is 15.5. The minimum absolute atomic E-state index is 0.0684. The number of thiocarbonyl (C=S) groups is 1. The quantitative estimate of drug-likeness (QED) is 0.498. The van der Waals surface area contributed by atoms with Gasteiger partial charge in [-0.1, -0.05) is 36.1 Å². The van der Waals surface area contributed by atoms with E-state index < -0.39 is 15.9 Å². The van der Waals surface area contributed by atoms with Gasteiger partial charge >= 0.3 is 0 Å². The number of primary sulfonamides is 1. The number of nitrogens with zero attached hydrogens (tertiary/aromatic N) is 1. The molecule has 0 spiro atoms. The minimum atomic E-state index is -3.82. The van der Waals surface area contributed by atoms with E-state index in [9.17, 15) is 18.0 Å². The van der Waals surface area contributed by atoms with E-state index in [1.54, 1.807) is 25.3 Å². The van der Waals surface area contributed by atoms with Crippen molar-refractivity contribution in [2.75, 3.05) is 19.0 Å². The summed E-state index contributed by atoms with van der Waals surface area (Å²) in [6, 6.07) is 12.6. The number of ether oxygens (including phenoxy) is 1. The SMILES string of the molecule is COc1ccc(C=C2SC(=S)N(CC(=O)Nc3ccc(S(N)(=O)=O)cc3)C2=O)cc1. The van der Waals surface area contributed by atoms with E-state index in [1.807, 2.05) is 12.1 Å². The average molecular weight is 464 g/mol. The summed E-state index contributed by atoms with van der Waals surface area (Å²) in [5, 5.41) is 7.64. The van der Waals surface area contributed by atoms with Crippen molar-refractivity contribution in [3.63, 3.8) is 0 Å². The maximum atomic E-state index is 12.7. The predicted octanol–water partition coefficient (Wildman–Crippen LogP) is 2.18. The van der Waals surface area contributed by atoms with Crippen molar-refractivity contribution in [2.45, 2.75) is 4.90 Å². The highest BCUT2D eigenvalue weighted by molar-refractivity contribution is 8.26. The monoisotopic (exact) mass is 463 g/mol. The molecule has 0 bridgehead atoms. The number of anilines is 1. The Balaban J connectivity index is 1.66. The van der Waals surface area contributed by atoms with Crippen molar-refractivity contribution in [1.29, 1.82) is 0 Å². The van der Waals surface area contributed by atoms with Crippen molar-refractivity contribution >= 4 is 61.9 Å². The van der Waals surface area contributed by atoms with Crippen LogP contribution in [0.2, 0.25) is 0 Å². The Morgan fingerprint density at radius 3 is 2.40 bits per heavy atom. The molecule has 2 amide bonds. The fourth-order valence-electron chi connectivity index (χ4n) is 2.56. The highest BCUT2D eigenvalue weighted by Gasteiger charge is 2.33. The van der Waals surface area contributed by atoms with Crippen molar-refractivity contribution in [2.24, 2.45) is 5.14 Å². The highest BCUT2D eigenvalue weighted by Crippen LogP contribution is 2.32. The summed E-state index contributed by atoms with van der Waals surface area (Å²) in [6.45, 7) is -0.262. The number of benzene rings is 2. The summed E-state index contributed by atoms with van der Waals surface area (Å²) in [5.74, 6) is -0.130. The molecule has 3 rings (SSSR count). The number of rotatable bonds is 6. The van der Waals surface area contributed by atoms with Gasteiger partial charge < -0.3 is 10.1 Å². The van der Waals surface area contributed by atoms with Gasteiger partial charge in [0.15, 0.2) is 0 Å². The maximum absolute atomic E-state index is 12.7. The number of amides is 2. The lowest BCUT2D eigenvalue weighted by molar-refractivity contribution is -0.126. The molecule has 0 aliphatic carbocycles. The van der Waals surface area contributed by atoms with Gasteiger partial charge in [0.1, 0.15) is 16.6 Å². The Kier molecular flexibility index (Phi) is 6.56. The third kappa shape index (κ3) is 5.25. The van der Waals surface area contributed by atoms with Gasteiger partial charge in [-0.15, -0.1) is 0 Å². The smallest absolute Gasteiger partial charge is 0.266 e. The molecule has 2 aromatic carbocycles. The lowest BCUT2D eigenvalue weighted by Gasteiger charge is -2.14. The number of nitrogens with two attached hydrogens (primary N) is 1. The van der Waals surface area contributed by atoms with Crippen LogP contribution in [0, 0.1) is 0 Å². The van der Waals surface area contributed by atoms with E-state index in [-0.39, 0.29) is 21.7 Å². The zero-order chi connectivity index (χ0) is 21.9. The highest BCUT2D eigenvalue weighted by atomic mass is 32.2. The molecule has 1 fully saturated rings. The number of methoxy groups -OCH3 is 1. The van der Waals surface area contributed by atoms with E-state index in [0.717, 1.165) is 17.3 Å². The summed E-state index contributed by atoms with van der Waals surface area (Å²) >= 11 is 6.35. The van der Waals surface area contributed by atoms with Crippen LogP contribution in [-0.2, 0) is 19.6 Å². The van der Waals surface area contributed by atoms with Gasteiger partial charge in [0.2, 0.25) is 15.9 Å². The number of carbonyl (C=O) groups excluding carboxylic acids is 2. The van der Waals surface area contributed by atoms with Gasteiger partial charge in [0, 0.05) is 5.69 Å². The second-order valence-electron chi connectivity index (χ2n) is 6.16. The third-order valence-corrected chi connectivity index (χ3v) is 6.36. The van der Waals surface area contributed by atoms with Crippen molar-refractivity contribution in [3.05, 3.63) is 59.0 Å². The maximum Gasteiger partial charge on any atom is 0.266 e. The third-order valence-electron chi connectivity index (χ3n) is 4.06. The Morgan fingerprint density at radius 1 is 1.20 bits per heavy atom. The first-order valence-electron chi connectivity index (χ1n) is 8.49. The molecule has 3 N–H and O–H groups in total. The first kappa shape index (κ1) is 22.0. The van der Waals surface area contributed by atoms with Gasteiger partial charge in [-0.25, -0.2) is 13.6 Å². The van der Waals surface area contributed by atoms with Crippen molar-refractivity contribution < 1.29 is 22.7 Å². The van der Waals surface area contributed by atoms with Crippen LogP contribution in [0.1, 0.15) is 5.56 Å². The second kappa shape index (κ2) is 8.96. The molecule has 1 aliphatic rings. The fourth-order valence-corrected chi connectivity index (χ4v) is 4.33. The van der Waals surface area contributed by atoms with Gasteiger partial charge in [0.25, 0.3) is 5.91 Å². The van der Waals surface area contributed by atoms with E-state index in [4.69, 9.17) is 22.1 Å². The summed E-state index contributed by atoms with van der Waals surface area (Å²) < 4.78 is 27.9. The first-order chi connectivity index (χ1) is 14.2. The van der Waals surface area contributed by atoms with Crippen LogP contribution in [0.4, 0.5) is 5.69 Å². The Morgan fingerprint density at radius 2 is 1.83 bits per heavy atom. The average Bonchev–Trinajstić information content (AvgIpc) is 2.95. The van der Waals surface area contributed by atoms with Crippen LogP contribution in [0.15, 0.2) is 58.3 Å². The zero-order valence-corrected chi connectivity index (χ0v) is 18.1. The molecule has 0 unspecified atom stereocenters. The summed E-state index contributed by atoms with van der Waals surface area (Å²) in [6.07, 6.45) is 1.70. The van der Waals surface area contributed by atoms with Crippen LogP contribution in [0.5, 0.6) is 5.75 Å². The van der Waals surface area contributed by atoms with Crippen LogP contribution >= 0.6 is 24.0 Å². The molecule has 1 saturated heterocycles. The molecule has 8 nitrogen and oxygen atoms in total. The second-order valence-corrected chi connectivity index (χ2v) is 9.40. The summed E-state index contributed by atoms with van der Waals surface area (Å²) in [7, 11) is -2.25. The molecule has 1 aliphatic heterocycles. The Bertz CT molecular complexity index is 1130. The molecular weight excluding hydrogens is 446 g/mol. The Hall–Kier alpha value is -2.73. The van der Waals surface area contributed by atoms with E-state index in [1.165, 1.54) is 29.2 Å². The van der Waals surface area contributed by atoms with Crippen molar-refractivity contribution in [3.8, 4) is 5.75 Å². The van der Waals surface area contributed by atoms with Crippen LogP contribution < -0.4 is 15.2 Å². The van der Waals surface area contributed by atoms with E-state index in [0.29, 0.717) is 16.3 Å². The van der Waals surface area contributed by atoms with Gasteiger partial charge in [-0.05, 0) is 48.0 Å². The van der Waals surface area contributed by atoms with E-state index in [2.05, 4.69) is 5.32 Å². The zero-order valence-electron chi connectivity index (χ0n) is 15.7. The lowest BCUT2D eigenvalue weighted by Crippen LogP contribution is -2.36. The molecule has 0 aromatic heterocycles. The van der Waals surface area contributed by atoms with Crippen molar-refractivity contribution in [1.82, 2.24) is 4.90 Å². The van der Waals surface area contributed by atoms with Gasteiger partial charge in [-0.3, -0.25) is 14.5 Å². The summed E-state index contributed by atoms with van der Waals surface area (Å²) in [5.41, 5.74) is 1.17. The molecule has 11 heteroatoms. The van der Waals surface area contributed by atoms with Crippen LogP contribution in [0.25, 0.3) is 6.08 Å². The molecule has 1 heterocycles. The number of carbonyl (C=O) groups is 2. The van der Waals surface area contributed by atoms with Gasteiger partial charge in [0.05, 0.1) is 16.9 Å². The standard InChI is InChI=1S/C19H17N3O5S3/c1-27-14-6-2-12(3-7-14)10-16-18(24)22(19(28)29-16)11-17(23)21-13-4-8-15(9-5-13)30(20,25)26/h2-10H,11H2,1H3,(H,21,23)(H2,20,25,26). The number of hydrogen-bond donors (Lipinski definition) is 2. The molecular formula is C19H17N3O5S3. The number of thioether (sulfide) groups is 1. The Labute approximate surface area is 183 Å². The fraction of sp³-hybridized carbons (Fsp3) is 0.105. The lowest BCUT2D eigenvalue weighted by atomic mass is 10.2. The van der Waals surface area contributed by atoms with Gasteiger partial charge in [-0.2, -0.15) is 0 Å². The minimum Gasteiger partial charge on any atom is -0.497 e. The molecule has 0 atom stereocenters. The molecule has 0 radical (unpaired) electrons. The molecule has 0 saturated carbocycles. The van der Waals surface area contributed by atoms with Crippen LogP contribution in [-0.4, -0.2) is 43.1 Å². The summed E-state index contributed by atoms with van der Waals surface area (Å²) in [4.78, 5) is 26.5. The number of sulfonamides is 1. The topological polar surface area (TPSA) is 119 Å². The van der Waals surface area contributed by atoms with Crippen LogP contribution in [0.3, 0.4) is 0 Å².